The number of ether oxygens (including phenoxy) is 1. The third kappa shape index (κ3) is 3.60. The first kappa shape index (κ1) is 17.0. The first-order valence-electron chi connectivity index (χ1n) is 8.52. The summed E-state index contributed by atoms with van der Waals surface area (Å²) in [5.41, 5.74) is 2.33. The molecule has 0 saturated carbocycles. The normalized spacial score (nSPS) is 11.0. The summed E-state index contributed by atoms with van der Waals surface area (Å²) in [6, 6.07) is 12.8. The number of fused-ring (bicyclic) bond motifs is 1. The summed E-state index contributed by atoms with van der Waals surface area (Å²) in [4.78, 5) is 16.0. The predicted octanol–water partition coefficient (Wildman–Crippen LogP) is 4.73. The molecule has 0 aliphatic carbocycles. The quantitative estimate of drug-likeness (QED) is 0.479. The van der Waals surface area contributed by atoms with Gasteiger partial charge in [-0.15, -0.1) is 0 Å². The Kier molecular flexibility index (Phi) is 4.46. The summed E-state index contributed by atoms with van der Waals surface area (Å²) in [7, 11) is 0. The molecule has 4 aromatic rings. The lowest BCUT2D eigenvalue weighted by molar-refractivity contribution is 0.301. The third-order valence-corrected chi connectivity index (χ3v) is 4.21. The molecule has 0 unspecified atom stereocenters. The van der Waals surface area contributed by atoms with Crippen molar-refractivity contribution in [2.75, 3.05) is 0 Å². The van der Waals surface area contributed by atoms with Gasteiger partial charge in [0, 0.05) is 23.1 Å². The Labute approximate surface area is 154 Å². The van der Waals surface area contributed by atoms with Gasteiger partial charge in [0.2, 0.25) is 5.89 Å². The second-order valence-electron chi connectivity index (χ2n) is 6.04. The Morgan fingerprint density at radius 1 is 1.11 bits per heavy atom. The van der Waals surface area contributed by atoms with Crippen LogP contribution < -0.4 is 10.4 Å². The van der Waals surface area contributed by atoms with Crippen LogP contribution in [0.25, 0.3) is 22.4 Å². The lowest BCUT2D eigenvalue weighted by atomic mass is 10.1. The van der Waals surface area contributed by atoms with E-state index in [1.54, 1.807) is 18.2 Å². The average molecular weight is 365 g/mol. The third-order valence-electron chi connectivity index (χ3n) is 4.21. The second kappa shape index (κ2) is 7.07. The van der Waals surface area contributed by atoms with Crippen LogP contribution in [0.4, 0.5) is 4.39 Å². The van der Waals surface area contributed by atoms with Crippen molar-refractivity contribution in [1.29, 1.82) is 0 Å². The van der Waals surface area contributed by atoms with Crippen molar-refractivity contribution < 1.29 is 18.0 Å². The molecule has 0 fully saturated rings. The maximum Gasteiger partial charge on any atom is 0.336 e. The van der Waals surface area contributed by atoms with Gasteiger partial charge in [-0.05, 0) is 48.4 Å². The van der Waals surface area contributed by atoms with Crippen LogP contribution in [-0.2, 0) is 13.0 Å². The average Bonchev–Trinajstić information content (AvgIpc) is 3.15. The number of oxazole rings is 1. The lowest BCUT2D eigenvalue weighted by Crippen LogP contribution is -2.00. The summed E-state index contributed by atoms with van der Waals surface area (Å²) in [5.74, 6) is 0.638. The number of rotatable bonds is 5. The Balaban J connectivity index is 1.52. The highest BCUT2D eigenvalue weighted by Crippen LogP contribution is 2.24. The molecule has 27 heavy (non-hydrogen) atoms. The molecule has 0 radical (unpaired) electrons. The highest BCUT2D eigenvalue weighted by Gasteiger charge is 2.09. The van der Waals surface area contributed by atoms with Gasteiger partial charge >= 0.3 is 5.63 Å². The van der Waals surface area contributed by atoms with Gasteiger partial charge in [-0.1, -0.05) is 6.92 Å². The molecule has 2 heterocycles. The van der Waals surface area contributed by atoms with Gasteiger partial charge in [0.05, 0.1) is 0 Å². The summed E-state index contributed by atoms with van der Waals surface area (Å²) < 4.78 is 29.4. The van der Waals surface area contributed by atoms with Crippen molar-refractivity contribution in [3.05, 3.63) is 82.3 Å². The summed E-state index contributed by atoms with van der Waals surface area (Å²) in [6.45, 7) is 2.18. The summed E-state index contributed by atoms with van der Waals surface area (Å²) in [5, 5.41) is 0.893. The fraction of sp³-hybridized carbons (Fsp3) is 0.143. The molecule has 136 valence electrons. The number of nitrogens with zero attached hydrogens (tertiary/aromatic N) is 1. The van der Waals surface area contributed by atoms with Gasteiger partial charge in [-0.2, -0.15) is 0 Å². The Bertz CT molecular complexity index is 1150. The maximum atomic E-state index is 13.0. The van der Waals surface area contributed by atoms with Crippen LogP contribution in [0, 0.1) is 5.82 Å². The molecule has 0 atom stereocenters. The van der Waals surface area contributed by atoms with E-state index in [-0.39, 0.29) is 18.0 Å². The molecule has 0 spiro atoms. The van der Waals surface area contributed by atoms with E-state index >= 15 is 0 Å². The molecule has 0 aliphatic heterocycles. The van der Waals surface area contributed by atoms with E-state index < -0.39 is 0 Å². The summed E-state index contributed by atoms with van der Waals surface area (Å²) in [6.07, 6.45) is 2.24. The van der Waals surface area contributed by atoms with Crippen molar-refractivity contribution >= 4 is 11.0 Å². The van der Waals surface area contributed by atoms with E-state index in [0.717, 1.165) is 17.4 Å². The van der Waals surface area contributed by atoms with Crippen LogP contribution in [0.3, 0.4) is 0 Å². The Hall–Kier alpha value is -3.41. The fourth-order valence-electron chi connectivity index (χ4n) is 2.85. The van der Waals surface area contributed by atoms with Crippen molar-refractivity contribution in [3.63, 3.8) is 0 Å². The topological polar surface area (TPSA) is 65.5 Å². The van der Waals surface area contributed by atoms with Crippen molar-refractivity contribution in [1.82, 2.24) is 4.98 Å². The van der Waals surface area contributed by atoms with Crippen LogP contribution in [0.5, 0.6) is 5.75 Å². The van der Waals surface area contributed by atoms with Gasteiger partial charge in [-0.25, -0.2) is 14.2 Å². The number of aryl methyl sites for hydroxylation is 1. The summed E-state index contributed by atoms with van der Waals surface area (Å²) >= 11 is 0. The zero-order chi connectivity index (χ0) is 18.8. The number of halogens is 1. The lowest BCUT2D eigenvalue weighted by Gasteiger charge is -2.07. The van der Waals surface area contributed by atoms with E-state index in [1.807, 2.05) is 19.1 Å². The molecule has 0 saturated heterocycles. The zero-order valence-corrected chi connectivity index (χ0v) is 14.6. The van der Waals surface area contributed by atoms with Crippen LogP contribution in [0.1, 0.15) is 18.2 Å². The smallest absolute Gasteiger partial charge is 0.336 e. The zero-order valence-electron chi connectivity index (χ0n) is 14.6. The molecule has 4 rings (SSSR count). The number of aromatic nitrogens is 1. The second-order valence-corrected chi connectivity index (χ2v) is 6.04. The van der Waals surface area contributed by atoms with Gasteiger partial charge < -0.3 is 13.6 Å². The predicted molar refractivity (Wildman–Crippen MR) is 98.1 cm³/mol. The van der Waals surface area contributed by atoms with Crippen molar-refractivity contribution in [3.8, 4) is 17.2 Å². The van der Waals surface area contributed by atoms with Crippen LogP contribution in [0.15, 0.2) is 68.4 Å². The minimum Gasteiger partial charge on any atom is -0.487 e. The number of hydrogen-bond acceptors (Lipinski definition) is 5. The van der Waals surface area contributed by atoms with Gasteiger partial charge in [0.25, 0.3) is 0 Å². The first-order valence-corrected chi connectivity index (χ1v) is 8.52. The highest BCUT2D eigenvalue weighted by molar-refractivity contribution is 5.81. The van der Waals surface area contributed by atoms with E-state index in [0.29, 0.717) is 28.5 Å². The maximum absolute atomic E-state index is 13.0. The standard InChI is InChI=1S/C21H16FNO4/c1-2-13-9-20(24)27-19-10-17(7-8-18(13)19)25-11-16-12-26-21(23-16)14-3-5-15(22)6-4-14/h3-10,12H,2,11H2,1H3. The van der Waals surface area contributed by atoms with Crippen molar-refractivity contribution in [2.45, 2.75) is 20.0 Å². The molecule has 5 nitrogen and oxygen atoms in total. The largest absolute Gasteiger partial charge is 0.487 e. The number of benzene rings is 2. The molecular formula is C21H16FNO4. The molecule has 0 amide bonds. The molecule has 0 N–H and O–H groups in total. The van der Waals surface area contributed by atoms with E-state index in [4.69, 9.17) is 13.6 Å². The van der Waals surface area contributed by atoms with Crippen LogP contribution in [0.2, 0.25) is 0 Å². The molecule has 0 aliphatic rings. The van der Waals surface area contributed by atoms with E-state index in [9.17, 15) is 9.18 Å². The monoisotopic (exact) mass is 365 g/mol. The van der Waals surface area contributed by atoms with Crippen LogP contribution in [-0.4, -0.2) is 4.98 Å². The Morgan fingerprint density at radius 2 is 1.93 bits per heavy atom. The SMILES string of the molecule is CCc1cc(=O)oc2cc(OCc3coc(-c4ccc(F)cc4)n3)ccc12. The van der Waals surface area contributed by atoms with E-state index in [1.165, 1.54) is 24.5 Å². The van der Waals surface area contributed by atoms with Crippen molar-refractivity contribution in [2.24, 2.45) is 0 Å². The minimum atomic E-state index is -0.378. The number of hydrogen-bond donors (Lipinski definition) is 0. The molecule has 2 aromatic heterocycles. The van der Waals surface area contributed by atoms with Gasteiger partial charge in [0.15, 0.2) is 0 Å². The first-order chi connectivity index (χ1) is 13.1. The molecular weight excluding hydrogens is 349 g/mol. The molecule has 6 heteroatoms. The molecule has 2 aromatic carbocycles. The van der Waals surface area contributed by atoms with E-state index in [2.05, 4.69) is 4.98 Å². The molecule has 0 bridgehead atoms. The minimum absolute atomic E-state index is 0.188. The van der Waals surface area contributed by atoms with Crippen LogP contribution >= 0.6 is 0 Å². The van der Waals surface area contributed by atoms with Gasteiger partial charge in [-0.3, -0.25) is 0 Å². The van der Waals surface area contributed by atoms with Gasteiger partial charge in [0.1, 0.15) is 35.7 Å². The fourth-order valence-corrected chi connectivity index (χ4v) is 2.85. The Morgan fingerprint density at radius 3 is 2.70 bits per heavy atom. The highest BCUT2D eigenvalue weighted by atomic mass is 19.1.